The molecule has 2 heteroatoms. The predicted molar refractivity (Wildman–Crippen MR) is 84.2 cm³/mol. The molecule has 1 aliphatic rings. The highest BCUT2D eigenvalue weighted by atomic mass is 16.1. The number of aryl methyl sites for hydroxylation is 1. The summed E-state index contributed by atoms with van der Waals surface area (Å²) in [4.78, 5) is 16.0. The molecule has 1 aromatic heterocycles. The number of carbonyl (C=O) groups excluding carboxylic acids is 1. The van der Waals surface area contributed by atoms with Crippen molar-refractivity contribution in [2.24, 2.45) is 17.3 Å². The predicted octanol–water partition coefficient (Wildman–Crippen LogP) is 4.98. The molecule has 0 bridgehead atoms. The number of hydrogen-bond acceptors (Lipinski definition) is 1. The Hall–Kier alpha value is -1.05. The van der Waals surface area contributed by atoms with E-state index in [1.54, 1.807) is 0 Å². The fraction of sp³-hybridized carbons (Fsp3) is 0.722. The maximum Gasteiger partial charge on any atom is 0.182 e. The van der Waals surface area contributed by atoms with Crippen molar-refractivity contribution in [3.63, 3.8) is 0 Å². The minimum absolute atomic E-state index is 0.227. The molecule has 2 rings (SSSR count). The third-order valence-electron chi connectivity index (χ3n) is 5.38. The third-order valence-corrected chi connectivity index (χ3v) is 5.38. The van der Waals surface area contributed by atoms with Crippen LogP contribution in [0.2, 0.25) is 0 Å². The highest BCUT2D eigenvalue weighted by molar-refractivity contribution is 5.98. The molecule has 112 valence electrons. The Labute approximate surface area is 123 Å². The Bertz CT molecular complexity index is 496. The van der Waals surface area contributed by atoms with Crippen LogP contribution >= 0.6 is 0 Å². The van der Waals surface area contributed by atoms with E-state index in [0.717, 1.165) is 35.7 Å². The smallest absolute Gasteiger partial charge is 0.182 e. The molecule has 1 heterocycles. The van der Waals surface area contributed by atoms with E-state index in [-0.39, 0.29) is 5.92 Å². The number of aromatic amines is 1. The van der Waals surface area contributed by atoms with Crippen LogP contribution < -0.4 is 0 Å². The van der Waals surface area contributed by atoms with Gasteiger partial charge in [-0.1, -0.05) is 20.8 Å². The van der Waals surface area contributed by atoms with Gasteiger partial charge in [-0.3, -0.25) is 4.79 Å². The van der Waals surface area contributed by atoms with Gasteiger partial charge in [0.05, 0.1) is 5.69 Å². The summed E-state index contributed by atoms with van der Waals surface area (Å²) in [7, 11) is 0. The number of ketones is 1. The van der Waals surface area contributed by atoms with Crippen LogP contribution in [0.15, 0.2) is 0 Å². The summed E-state index contributed by atoms with van der Waals surface area (Å²) < 4.78 is 0. The lowest BCUT2D eigenvalue weighted by Crippen LogP contribution is -2.29. The average molecular weight is 275 g/mol. The van der Waals surface area contributed by atoms with Crippen LogP contribution in [0.3, 0.4) is 0 Å². The normalized spacial score (nSPS) is 23.9. The number of aromatic nitrogens is 1. The lowest BCUT2D eigenvalue weighted by Gasteiger charge is -2.36. The molecule has 1 saturated carbocycles. The minimum atomic E-state index is 0.227. The summed E-state index contributed by atoms with van der Waals surface area (Å²) in [6.07, 6.45) is 4.49. The minimum Gasteiger partial charge on any atom is -0.356 e. The van der Waals surface area contributed by atoms with E-state index < -0.39 is 0 Å². The first-order chi connectivity index (χ1) is 9.21. The molecule has 1 N–H and O–H groups in total. The Morgan fingerprint density at radius 3 is 1.95 bits per heavy atom. The van der Waals surface area contributed by atoms with Crippen molar-refractivity contribution in [2.45, 2.75) is 67.2 Å². The molecule has 20 heavy (non-hydrogen) atoms. The zero-order valence-corrected chi connectivity index (χ0v) is 13.9. The molecule has 0 saturated heterocycles. The number of carbonyl (C=O) groups is 1. The van der Waals surface area contributed by atoms with E-state index in [9.17, 15) is 4.79 Å². The average Bonchev–Trinajstić information content (AvgIpc) is 2.65. The zero-order valence-electron chi connectivity index (χ0n) is 13.9. The summed E-state index contributed by atoms with van der Waals surface area (Å²) in [6, 6.07) is 0. The van der Waals surface area contributed by atoms with Crippen molar-refractivity contribution < 1.29 is 4.79 Å². The summed E-state index contributed by atoms with van der Waals surface area (Å²) in [6.45, 7) is 13.2. The van der Waals surface area contributed by atoms with E-state index in [1.807, 2.05) is 0 Å². The van der Waals surface area contributed by atoms with Crippen molar-refractivity contribution in [1.29, 1.82) is 0 Å². The molecular formula is C18H29NO. The first kappa shape index (κ1) is 15.3. The van der Waals surface area contributed by atoms with Gasteiger partial charge in [-0.05, 0) is 68.9 Å². The van der Waals surface area contributed by atoms with Crippen LogP contribution in [0.5, 0.6) is 0 Å². The van der Waals surface area contributed by atoms with Gasteiger partial charge in [0.2, 0.25) is 0 Å². The van der Waals surface area contributed by atoms with Crippen molar-refractivity contribution in [3.8, 4) is 0 Å². The molecule has 1 fully saturated rings. The van der Waals surface area contributed by atoms with E-state index >= 15 is 0 Å². The summed E-state index contributed by atoms with van der Waals surface area (Å²) >= 11 is 0. The van der Waals surface area contributed by atoms with E-state index in [0.29, 0.717) is 11.2 Å². The fourth-order valence-corrected chi connectivity index (χ4v) is 3.52. The van der Waals surface area contributed by atoms with E-state index in [4.69, 9.17) is 0 Å². The molecule has 0 unspecified atom stereocenters. The maximum absolute atomic E-state index is 12.7. The SMILES string of the molecule is Cc1[nH]c(C(=O)C2CCC(C(C)(C)C)CC2)c(C)c1C. The van der Waals surface area contributed by atoms with Gasteiger partial charge in [0, 0.05) is 11.6 Å². The fourth-order valence-electron chi connectivity index (χ4n) is 3.52. The monoisotopic (exact) mass is 275 g/mol. The van der Waals surface area contributed by atoms with Crippen LogP contribution in [0.25, 0.3) is 0 Å². The first-order valence-corrected chi connectivity index (χ1v) is 7.91. The standard InChI is InChI=1S/C18H29NO/c1-11-12(2)16(19-13(11)3)17(20)14-7-9-15(10-8-14)18(4,5)6/h14-15,19H,7-10H2,1-6H3. The highest BCUT2D eigenvalue weighted by Gasteiger charge is 2.33. The molecule has 0 amide bonds. The molecule has 1 aromatic rings. The molecule has 0 radical (unpaired) electrons. The Morgan fingerprint density at radius 1 is 1.00 bits per heavy atom. The van der Waals surface area contributed by atoms with Crippen LogP contribution in [-0.2, 0) is 0 Å². The molecular weight excluding hydrogens is 246 g/mol. The van der Waals surface area contributed by atoms with Crippen molar-refractivity contribution in [3.05, 3.63) is 22.5 Å². The summed E-state index contributed by atoms with van der Waals surface area (Å²) in [5.41, 5.74) is 4.75. The van der Waals surface area contributed by atoms with Crippen molar-refractivity contribution >= 4 is 5.78 Å². The molecule has 0 aliphatic heterocycles. The topological polar surface area (TPSA) is 32.9 Å². The van der Waals surface area contributed by atoms with Gasteiger partial charge >= 0.3 is 0 Å². The van der Waals surface area contributed by atoms with Gasteiger partial charge in [-0.2, -0.15) is 0 Å². The zero-order chi connectivity index (χ0) is 15.1. The van der Waals surface area contributed by atoms with Gasteiger partial charge in [0.25, 0.3) is 0 Å². The Morgan fingerprint density at radius 2 is 1.55 bits per heavy atom. The highest BCUT2D eigenvalue weighted by Crippen LogP contribution is 2.40. The molecule has 0 atom stereocenters. The van der Waals surface area contributed by atoms with Gasteiger partial charge in [0.1, 0.15) is 0 Å². The van der Waals surface area contributed by atoms with Crippen LogP contribution in [0.4, 0.5) is 0 Å². The van der Waals surface area contributed by atoms with Crippen molar-refractivity contribution in [2.75, 3.05) is 0 Å². The van der Waals surface area contributed by atoms with Crippen molar-refractivity contribution in [1.82, 2.24) is 4.98 Å². The number of rotatable bonds is 2. The molecule has 0 aromatic carbocycles. The van der Waals surface area contributed by atoms with Gasteiger partial charge in [0.15, 0.2) is 5.78 Å². The van der Waals surface area contributed by atoms with Crippen LogP contribution in [-0.4, -0.2) is 10.8 Å². The summed E-state index contributed by atoms with van der Waals surface area (Å²) in [5, 5.41) is 0. The Balaban J connectivity index is 2.07. The Kier molecular flexibility index (Phi) is 4.13. The molecule has 1 aliphatic carbocycles. The lowest BCUT2D eigenvalue weighted by molar-refractivity contribution is 0.0814. The number of H-pyrrole nitrogens is 1. The van der Waals surface area contributed by atoms with Crippen LogP contribution in [0, 0.1) is 38.0 Å². The second-order valence-corrected chi connectivity index (χ2v) is 7.65. The van der Waals surface area contributed by atoms with Gasteiger partial charge < -0.3 is 4.98 Å². The summed E-state index contributed by atoms with van der Waals surface area (Å²) in [5.74, 6) is 1.33. The maximum atomic E-state index is 12.7. The van der Waals surface area contributed by atoms with Crippen LogP contribution in [0.1, 0.15) is 73.8 Å². The molecule has 0 spiro atoms. The third kappa shape index (κ3) is 2.84. The number of nitrogens with one attached hydrogen (secondary N) is 1. The van der Waals surface area contributed by atoms with E-state index in [1.165, 1.54) is 18.4 Å². The quantitative estimate of drug-likeness (QED) is 0.759. The van der Waals surface area contributed by atoms with Gasteiger partial charge in [-0.15, -0.1) is 0 Å². The largest absolute Gasteiger partial charge is 0.356 e. The number of hydrogen-bond donors (Lipinski definition) is 1. The second-order valence-electron chi connectivity index (χ2n) is 7.65. The van der Waals surface area contributed by atoms with Gasteiger partial charge in [-0.25, -0.2) is 0 Å². The molecule has 2 nitrogen and oxygen atoms in total. The lowest BCUT2D eigenvalue weighted by atomic mass is 9.69. The van der Waals surface area contributed by atoms with E-state index in [2.05, 4.69) is 46.5 Å². The second kappa shape index (κ2) is 5.38. The number of Topliss-reactive ketones (excluding diaryl/α,β-unsaturated/α-hetero) is 1. The first-order valence-electron chi connectivity index (χ1n) is 7.91.